The van der Waals surface area contributed by atoms with Gasteiger partial charge < -0.3 is 10.6 Å². The number of nitrogens with zero attached hydrogens (tertiary/aromatic N) is 6. The maximum Gasteiger partial charge on any atom is 0.269 e. The summed E-state index contributed by atoms with van der Waals surface area (Å²) < 4.78 is 1.47. The lowest BCUT2D eigenvalue weighted by molar-refractivity contribution is -0.384. The number of nitro benzene ring substituents is 1. The first-order valence-electron chi connectivity index (χ1n) is 8.26. The number of amides is 1. The van der Waals surface area contributed by atoms with Gasteiger partial charge in [0.15, 0.2) is 0 Å². The highest BCUT2D eigenvalue weighted by Crippen LogP contribution is 2.35. The molecule has 11 nitrogen and oxygen atoms in total. The third-order valence-electron chi connectivity index (χ3n) is 4.32. The zero-order chi connectivity index (χ0) is 19.7. The summed E-state index contributed by atoms with van der Waals surface area (Å²) in [7, 11) is 0. The van der Waals surface area contributed by atoms with Crippen molar-refractivity contribution in [1.82, 2.24) is 25.2 Å². The van der Waals surface area contributed by atoms with E-state index in [9.17, 15) is 14.9 Å². The maximum atomic E-state index is 13.0. The molecule has 0 spiro atoms. The SMILES string of the molecule is CC1=C(C(=O)Nc2ccncc2)C(c2ccc([N+](=O)[O-])cc2)n2nnnc2N1. The fraction of sp³-hybridized carbons (Fsp3) is 0.118. The minimum atomic E-state index is -0.645. The molecule has 1 aromatic carbocycles. The lowest BCUT2D eigenvalue weighted by Crippen LogP contribution is -2.31. The Labute approximate surface area is 158 Å². The number of fused-ring (bicyclic) bond motifs is 1. The summed E-state index contributed by atoms with van der Waals surface area (Å²) in [4.78, 5) is 27.4. The number of carbonyl (C=O) groups excluding carboxylic acids is 1. The zero-order valence-corrected chi connectivity index (χ0v) is 14.6. The predicted molar refractivity (Wildman–Crippen MR) is 98.2 cm³/mol. The molecule has 0 radical (unpaired) electrons. The van der Waals surface area contributed by atoms with Crippen molar-refractivity contribution in [1.29, 1.82) is 0 Å². The molecule has 2 N–H and O–H groups in total. The molecule has 0 bridgehead atoms. The van der Waals surface area contributed by atoms with Crippen molar-refractivity contribution < 1.29 is 9.72 Å². The van der Waals surface area contributed by atoms with Crippen LogP contribution < -0.4 is 10.6 Å². The Kier molecular flexibility index (Phi) is 4.24. The normalized spacial score (nSPS) is 15.5. The van der Waals surface area contributed by atoms with E-state index in [0.29, 0.717) is 28.5 Å². The fourth-order valence-electron chi connectivity index (χ4n) is 3.03. The highest BCUT2D eigenvalue weighted by molar-refractivity contribution is 6.05. The van der Waals surface area contributed by atoms with Gasteiger partial charge in [0.25, 0.3) is 11.6 Å². The molecule has 28 heavy (non-hydrogen) atoms. The molecule has 1 amide bonds. The highest BCUT2D eigenvalue weighted by atomic mass is 16.6. The molecule has 0 fully saturated rings. The van der Waals surface area contributed by atoms with Crippen LogP contribution in [0.25, 0.3) is 0 Å². The van der Waals surface area contributed by atoms with Crippen molar-refractivity contribution in [2.24, 2.45) is 0 Å². The van der Waals surface area contributed by atoms with Crippen molar-refractivity contribution in [3.63, 3.8) is 0 Å². The monoisotopic (exact) mass is 378 g/mol. The predicted octanol–water partition coefficient (Wildman–Crippen LogP) is 1.90. The van der Waals surface area contributed by atoms with Gasteiger partial charge in [-0.25, -0.2) is 0 Å². The first-order valence-corrected chi connectivity index (χ1v) is 8.26. The number of anilines is 2. The van der Waals surface area contributed by atoms with Crippen LogP contribution >= 0.6 is 0 Å². The Bertz CT molecular complexity index is 1080. The number of benzene rings is 1. The molecule has 1 unspecified atom stereocenters. The van der Waals surface area contributed by atoms with Crippen LogP contribution in [0.15, 0.2) is 60.1 Å². The molecule has 1 aliphatic heterocycles. The summed E-state index contributed by atoms with van der Waals surface area (Å²) >= 11 is 0. The van der Waals surface area contributed by atoms with E-state index >= 15 is 0 Å². The number of pyridine rings is 1. The minimum absolute atomic E-state index is 0.0434. The van der Waals surface area contributed by atoms with Gasteiger partial charge in [-0.3, -0.25) is 19.9 Å². The van der Waals surface area contributed by atoms with Gasteiger partial charge in [-0.05, 0) is 47.2 Å². The number of hydrogen-bond donors (Lipinski definition) is 2. The molecule has 140 valence electrons. The van der Waals surface area contributed by atoms with Crippen LogP contribution in [-0.4, -0.2) is 36.0 Å². The lowest BCUT2D eigenvalue weighted by atomic mass is 9.95. The molecular weight excluding hydrogens is 364 g/mol. The zero-order valence-electron chi connectivity index (χ0n) is 14.6. The number of hydrogen-bond acceptors (Lipinski definition) is 8. The largest absolute Gasteiger partial charge is 0.326 e. The summed E-state index contributed by atoms with van der Waals surface area (Å²) in [6.45, 7) is 1.75. The van der Waals surface area contributed by atoms with E-state index in [1.54, 1.807) is 43.6 Å². The van der Waals surface area contributed by atoms with Crippen LogP contribution in [0.3, 0.4) is 0 Å². The molecule has 1 atom stereocenters. The molecule has 4 rings (SSSR count). The first kappa shape index (κ1) is 17.3. The highest BCUT2D eigenvalue weighted by Gasteiger charge is 2.34. The second-order valence-electron chi connectivity index (χ2n) is 6.05. The van der Waals surface area contributed by atoms with Crippen molar-refractivity contribution in [3.8, 4) is 0 Å². The number of non-ortho nitro benzene ring substituents is 1. The van der Waals surface area contributed by atoms with Gasteiger partial charge in [0.05, 0.1) is 10.5 Å². The first-order chi connectivity index (χ1) is 13.5. The van der Waals surface area contributed by atoms with Crippen LogP contribution in [0.2, 0.25) is 0 Å². The van der Waals surface area contributed by atoms with Gasteiger partial charge in [-0.2, -0.15) is 4.68 Å². The second-order valence-corrected chi connectivity index (χ2v) is 6.05. The Morgan fingerprint density at radius 1 is 1.21 bits per heavy atom. The van der Waals surface area contributed by atoms with Gasteiger partial charge in [-0.1, -0.05) is 5.10 Å². The summed E-state index contributed by atoms with van der Waals surface area (Å²) in [5, 5.41) is 28.4. The van der Waals surface area contributed by atoms with Gasteiger partial charge in [-0.15, -0.1) is 0 Å². The molecule has 1 aliphatic rings. The van der Waals surface area contributed by atoms with E-state index in [-0.39, 0.29) is 11.6 Å². The molecular formula is C17H14N8O3. The van der Waals surface area contributed by atoms with Crippen LogP contribution in [-0.2, 0) is 4.79 Å². The Morgan fingerprint density at radius 3 is 2.61 bits per heavy atom. The van der Waals surface area contributed by atoms with E-state index in [4.69, 9.17) is 0 Å². The van der Waals surface area contributed by atoms with Crippen LogP contribution in [0.5, 0.6) is 0 Å². The molecule has 11 heteroatoms. The number of tetrazole rings is 1. The Balaban J connectivity index is 1.76. The molecule has 2 aromatic heterocycles. The van der Waals surface area contributed by atoms with E-state index in [0.717, 1.165) is 0 Å². The van der Waals surface area contributed by atoms with Gasteiger partial charge >= 0.3 is 0 Å². The average molecular weight is 378 g/mol. The number of allylic oxidation sites excluding steroid dienone is 1. The Morgan fingerprint density at radius 2 is 1.93 bits per heavy atom. The van der Waals surface area contributed by atoms with Crippen molar-refractivity contribution >= 4 is 23.2 Å². The van der Waals surface area contributed by atoms with Crippen molar-refractivity contribution in [3.05, 3.63) is 75.7 Å². The van der Waals surface area contributed by atoms with E-state index < -0.39 is 11.0 Å². The molecule has 0 saturated heterocycles. The van der Waals surface area contributed by atoms with E-state index in [2.05, 4.69) is 31.1 Å². The molecule has 0 aliphatic carbocycles. The summed E-state index contributed by atoms with van der Waals surface area (Å²) in [5.74, 6) is 0.0296. The van der Waals surface area contributed by atoms with Gasteiger partial charge in [0.1, 0.15) is 6.04 Å². The van der Waals surface area contributed by atoms with Crippen LogP contribution in [0, 0.1) is 10.1 Å². The van der Waals surface area contributed by atoms with Gasteiger partial charge in [0.2, 0.25) is 5.95 Å². The third-order valence-corrected chi connectivity index (χ3v) is 4.32. The van der Waals surface area contributed by atoms with Crippen molar-refractivity contribution in [2.45, 2.75) is 13.0 Å². The maximum absolute atomic E-state index is 13.0. The number of nitrogens with one attached hydrogen (secondary N) is 2. The fourth-order valence-corrected chi connectivity index (χ4v) is 3.03. The average Bonchev–Trinajstić information content (AvgIpc) is 3.15. The summed E-state index contributed by atoms with van der Waals surface area (Å²) in [6, 6.07) is 8.65. The van der Waals surface area contributed by atoms with Crippen molar-refractivity contribution in [2.75, 3.05) is 10.6 Å². The quantitative estimate of drug-likeness (QED) is 0.518. The second kappa shape index (κ2) is 6.87. The lowest BCUT2D eigenvalue weighted by Gasteiger charge is -2.27. The molecule has 3 aromatic rings. The smallest absolute Gasteiger partial charge is 0.269 e. The van der Waals surface area contributed by atoms with Crippen LogP contribution in [0.1, 0.15) is 18.5 Å². The Hall–Kier alpha value is -4.15. The number of nitro groups is 1. The summed E-state index contributed by atoms with van der Waals surface area (Å²) in [6.07, 6.45) is 3.15. The molecule has 0 saturated carbocycles. The summed E-state index contributed by atoms with van der Waals surface area (Å²) in [5.41, 5.74) is 2.16. The third kappa shape index (κ3) is 3.05. The van der Waals surface area contributed by atoms with E-state index in [1.165, 1.54) is 16.8 Å². The minimum Gasteiger partial charge on any atom is -0.326 e. The standard InChI is InChI=1S/C17H14N8O3/c1-10-14(16(26)20-12-6-8-18-9-7-12)15(24-17(19-10)21-22-23-24)11-2-4-13(5-3-11)25(27)28/h2-9,15H,1H3,(H,18,20,26)(H,19,21,23). The van der Waals surface area contributed by atoms with E-state index in [1.807, 2.05) is 0 Å². The number of rotatable bonds is 4. The topological polar surface area (TPSA) is 141 Å². The van der Waals surface area contributed by atoms with Gasteiger partial charge in [0, 0.05) is 35.9 Å². The van der Waals surface area contributed by atoms with Crippen LogP contribution in [0.4, 0.5) is 17.3 Å². The molecule has 3 heterocycles. The number of carbonyl (C=O) groups is 1. The number of aromatic nitrogens is 5.